The fraction of sp³-hybridized carbons (Fsp3) is 0. The third kappa shape index (κ3) is 3.98. The van der Waals surface area contributed by atoms with Gasteiger partial charge >= 0.3 is 11.8 Å². The van der Waals surface area contributed by atoms with Crippen LogP contribution in [0.4, 0.5) is 11.4 Å². The molecule has 7 nitrogen and oxygen atoms in total. The quantitative estimate of drug-likeness (QED) is 0.504. The van der Waals surface area contributed by atoms with E-state index in [1.165, 1.54) is 30.3 Å². The monoisotopic (exact) mass is 333 g/mol. The molecule has 0 aliphatic rings. The first kappa shape index (κ1) is 16.3. The van der Waals surface area contributed by atoms with Crippen molar-refractivity contribution in [2.45, 2.75) is 0 Å². The number of amides is 3. The number of anilines is 2. The first-order valence-electron chi connectivity index (χ1n) is 6.38. The summed E-state index contributed by atoms with van der Waals surface area (Å²) in [7, 11) is 0. The maximum Gasteiger partial charge on any atom is 0.314 e. The van der Waals surface area contributed by atoms with Gasteiger partial charge in [0.25, 0.3) is 5.91 Å². The van der Waals surface area contributed by atoms with Gasteiger partial charge in [-0.1, -0.05) is 23.7 Å². The molecule has 5 N–H and O–H groups in total. The van der Waals surface area contributed by atoms with Crippen molar-refractivity contribution >= 4 is 40.7 Å². The standard InChI is InChI=1S/C15H12ClN3O4/c16-8-5-6-12(20)11(7-8)19-15(23)14(22)18-10-4-2-1-3-9(10)13(17)21/h1-7,20H,(H2,17,21)(H,18,22)(H,19,23). The Labute approximate surface area is 136 Å². The highest BCUT2D eigenvalue weighted by Crippen LogP contribution is 2.26. The van der Waals surface area contributed by atoms with Crippen molar-refractivity contribution in [3.8, 4) is 5.75 Å². The van der Waals surface area contributed by atoms with Gasteiger partial charge in [-0.15, -0.1) is 0 Å². The van der Waals surface area contributed by atoms with Crippen LogP contribution in [0.5, 0.6) is 5.75 Å². The number of nitrogens with two attached hydrogens (primary N) is 1. The van der Waals surface area contributed by atoms with Crippen LogP contribution in [0.25, 0.3) is 0 Å². The van der Waals surface area contributed by atoms with Crippen LogP contribution in [0.3, 0.4) is 0 Å². The van der Waals surface area contributed by atoms with E-state index < -0.39 is 17.7 Å². The number of hydrogen-bond acceptors (Lipinski definition) is 4. The summed E-state index contributed by atoms with van der Waals surface area (Å²) in [4.78, 5) is 35.0. The molecule has 8 heteroatoms. The van der Waals surface area contributed by atoms with Crippen molar-refractivity contribution in [2.24, 2.45) is 5.73 Å². The van der Waals surface area contributed by atoms with Gasteiger partial charge in [-0.05, 0) is 30.3 Å². The summed E-state index contributed by atoms with van der Waals surface area (Å²) in [6.07, 6.45) is 0. The van der Waals surface area contributed by atoms with Crippen LogP contribution >= 0.6 is 11.6 Å². The third-order valence-corrected chi connectivity index (χ3v) is 3.09. The number of phenols is 1. The minimum absolute atomic E-state index is 0.0131. The van der Waals surface area contributed by atoms with Crippen LogP contribution < -0.4 is 16.4 Å². The second kappa shape index (κ2) is 6.80. The Morgan fingerprint density at radius 2 is 1.57 bits per heavy atom. The molecule has 3 amide bonds. The van der Waals surface area contributed by atoms with Crippen LogP contribution in [-0.4, -0.2) is 22.8 Å². The van der Waals surface area contributed by atoms with E-state index in [4.69, 9.17) is 17.3 Å². The maximum atomic E-state index is 11.9. The summed E-state index contributed by atoms with van der Waals surface area (Å²) in [5.41, 5.74) is 5.35. The van der Waals surface area contributed by atoms with E-state index in [9.17, 15) is 19.5 Å². The van der Waals surface area contributed by atoms with Gasteiger partial charge in [0, 0.05) is 5.02 Å². The number of primary amides is 1. The number of carbonyl (C=O) groups excluding carboxylic acids is 3. The Morgan fingerprint density at radius 3 is 2.22 bits per heavy atom. The second-order valence-corrected chi connectivity index (χ2v) is 4.92. The molecule has 0 bridgehead atoms. The molecule has 2 rings (SSSR count). The minimum atomic E-state index is -1.04. The summed E-state index contributed by atoms with van der Waals surface area (Å²) >= 11 is 5.75. The molecule has 0 fully saturated rings. The number of para-hydroxylation sites is 1. The lowest BCUT2D eigenvalue weighted by atomic mass is 10.1. The van der Waals surface area contributed by atoms with Gasteiger partial charge in [0.15, 0.2) is 0 Å². The molecule has 0 radical (unpaired) electrons. The summed E-state index contributed by atoms with van der Waals surface area (Å²) in [6, 6.07) is 9.98. The third-order valence-electron chi connectivity index (χ3n) is 2.85. The van der Waals surface area contributed by atoms with Crippen LogP contribution in [0.15, 0.2) is 42.5 Å². The number of halogens is 1. The first-order chi connectivity index (χ1) is 10.9. The number of phenolic OH excluding ortho intramolecular Hbond substituents is 1. The van der Waals surface area contributed by atoms with E-state index in [0.29, 0.717) is 0 Å². The number of rotatable bonds is 3. The van der Waals surface area contributed by atoms with Gasteiger partial charge < -0.3 is 21.5 Å². The SMILES string of the molecule is NC(=O)c1ccccc1NC(=O)C(=O)Nc1cc(Cl)ccc1O. The van der Waals surface area contributed by atoms with Crippen LogP contribution in [0, 0.1) is 0 Å². The molecule has 0 saturated carbocycles. The molecule has 0 aliphatic heterocycles. The Morgan fingerprint density at radius 1 is 0.957 bits per heavy atom. The molecular weight excluding hydrogens is 322 g/mol. The summed E-state index contributed by atoms with van der Waals surface area (Å²) in [5.74, 6) is -3.05. The van der Waals surface area contributed by atoms with E-state index in [2.05, 4.69) is 10.6 Å². The molecule has 2 aromatic rings. The summed E-state index contributed by atoms with van der Waals surface area (Å²) < 4.78 is 0. The largest absolute Gasteiger partial charge is 0.506 e. The van der Waals surface area contributed by atoms with Crippen LogP contribution in [-0.2, 0) is 9.59 Å². The Balaban J connectivity index is 2.14. The lowest BCUT2D eigenvalue weighted by molar-refractivity contribution is -0.133. The molecule has 0 spiro atoms. The average Bonchev–Trinajstić information content (AvgIpc) is 2.51. The fourth-order valence-corrected chi connectivity index (χ4v) is 1.95. The van der Waals surface area contributed by atoms with Crippen molar-refractivity contribution in [3.63, 3.8) is 0 Å². The fourth-order valence-electron chi connectivity index (χ4n) is 1.77. The predicted molar refractivity (Wildman–Crippen MR) is 85.3 cm³/mol. The second-order valence-electron chi connectivity index (χ2n) is 4.48. The van der Waals surface area contributed by atoms with Crippen LogP contribution in [0.2, 0.25) is 5.02 Å². The van der Waals surface area contributed by atoms with Crippen molar-refractivity contribution in [3.05, 3.63) is 53.1 Å². The van der Waals surface area contributed by atoms with Gasteiger partial charge in [0.1, 0.15) is 5.75 Å². The molecule has 0 aromatic heterocycles. The van der Waals surface area contributed by atoms with E-state index in [1.54, 1.807) is 12.1 Å². The molecule has 118 valence electrons. The van der Waals surface area contributed by atoms with E-state index in [-0.39, 0.29) is 27.7 Å². The zero-order chi connectivity index (χ0) is 17.0. The molecular formula is C15H12ClN3O4. The first-order valence-corrected chi connectivity index (χ1v) is 6.76. The van der Waals surface area contributed by atoms with Crippen molar-refractivity contribution < 1.29 is 19.5 Å². The predicted octanol–water partition coefficient (Wildman–Crippen LogP) is 1.72. The summed E-state index contributed by atoms with van der Waals surface area (Å²) in [5, 5.41) is 14.4. The molecule has 0 aliphatic carbocycles. The molecule has 2 aromatic carbocycles. The highest BCUT2D eigenvalue weighted by molar-refractivity contribution is 6.44. The van der Waals surface area contributed by atoms with Crippen LogP contribution in [0.1, 0.15) is 10.4 Å². The maximum absolute atomic E-state index is 11.9. The van der Waals surface area contributed by atoms with Crippen molar-refractivity contribution in [1.29, 1.82) is 0 Å². The zero-order valence-electron chi connectivity index (χ0n) is 11.7. The Bertz CT molecular complexity index is 792. The molecule has 0 unspecified atom stereocenters. The minimum Gasteiger partial charge on any atom is -0.506 e. The van der Waals surface area contributed by atoms with Crippen molar-refractivity contribution in [2.75, 3.05) is 10.6 Å². The number of hydrogen-bond donors (Lipinski definition) is 4. The molecule has 0 atom stereocenters. The van der Waals surface area contributed by atoms with Gasteiger partial charge in [0.05, 0.1) is 16.9 Å². The number of benzene rings is 2. The lowest BCUT2D eigenvalue weighted by Gasteiger charge is -2.10. The lowest BCUT2D eigenvalue weighted by Crippen LogP contribution is -2.30. The average molecular weight is 334 g/mol. The topological polar surface area (TPSA) is 122 Å². The van der Waals surface area contributed by atoms with Gasteiger partial charge in [-0.25, -0.2) is 0 Å². The molecule has 23 heavy (non-hydrogen) atoms. The smallest absolute Gasteiger partial charge is 0.314 e. The molecule has 0 heterocycles. The van der Waals surface area contributed by atoms with Gasteiger partial charge in [-0.2, -0.15) is 0 Å². The van der Waals surface area contributed by atoms with Gasteiger partial charge in [-0.3, -0.25) is 14.4 Å². The number of aromatic hydroxyl groups is 1. The van der Waals surface area contributed by atoms with E-state index >= 15 is 0 Å². The molecule has 0 saturated heterocycles. The zero-order valence-corrected chi connectivity index (χ0v) is 12.4. The van der Waals surface area contributed by atoms with E-state index in [1.807, 2.05) is 0 Å². The Hall–Kier alpha value is -3.06. The summed E-state index contributed by atoms with van der Waals surface area (Å²) in [6.45, 7) is 0. The van der Waals surface area contributed by atoms with Gasteiger partial charge in [0.2, 0.25) is 0 Å². The number of nitrogens with one attached hydrogen (secondary N) is 2. The highest BCUT2D eigenvalue weighted by atomic mass is 35.5. The normalized spacial score (nSPS) is 9.96. The van der Waals surface area contributed by atoms with Crippen molar-refractivity contribution in [1.82, 2.24) is 0 Å². The highest BCUT2D eigenvalue weighted by Gasteiger charge is 2.18. The van der Waals surface area contributed by atoms with E-state index in [0.717, 1.165) is 0 Å². The Kier molecular flexibility index (Phi) is 4.82. The number of carbonyl (C=O) groups is 3.